The summed E-state index contributed by atoms with van der Waals surface area (Å²) in [5, 5.41) is 0. The highest BCUT2D eigenvalue weighted by molar-refractivity contribution is 4.77. The molecule has 1 saturated heterocycles. The lowest BCUT2D eigenvalue weighted by Gasteiger charge is -2.36. The van der Waals surface area contributed by atoms with Crippen LogP contribution in [0.3, 0.4) is 0 Å². The van der Waals surface area contributed by atoms with Gasteiger partial charge in [0.15, 0.2) is 0 Å². The second kappa shape index (κ2) is 7.25. The maximum Gasteiger partial charge on any atom is 0.0193 e. The van der Waals surface area contributed by atoms with Crippen LogP contribution in [0, 0.1) is 5.92 Å². The van der Waals surface area contributed by atoms with E-state index in [0.717, 1.165) is 6.54 Å². The van der Waals surface area contributed by atoms with Gasteiger partial charge in [0.05, 0.1) is 0 Å². The van der Waals surface area contributed by atoms with Gasteiger partial charge in [-0.15, -0.1) is 0 Å². The summed E-state index contributed by atoms with van der Waals surface area (Å²) in [5.41, 5.74) is 6.20. The minimum absolute atomic E-state index is 0.350. The third-order valence-electron chi connectivity index (χ3n) is 3.85. The van der Waals surface area contributed by atoms with Crippen LogP contribution < -0.4 is 5.73 Å². The topological polar surface area (TPSA) is 32.5 Å². The van der Waals surface area contributed by atoms with Gasteiger partial charge in [-0.05, 0) is 18.9 Å². The summed E-state index contributed by atoms with van der Waals surface area (Å²) in [6.45, 7) is 13.9. The van der Waals surface area contributed by atoms with Gasteiger partial charge < -0.3 is 10.6 Å². The molecule has 0 aromatic rings. The van der Waals surface area contributed by atoms with Gasteiger partial charge in [-0.2, -0.15) is 0 Å². The van der Waals surface area contributed by atoms with Gasteiger partial charge in [0.2, 0.25) is 0 Å². The van der Waals surface area contributed by atoms with Gasteiger partial charge in [-0.25, -0.2) is 0 Å². The van der Waals surface area contributed by atoms with E-state index in [2.05, 4.69) is 30.6 Å². The number of piperazine rings is 1. The molecule has 0 aromatic carbocycles. The molecule has 0 aliphatic carbocycles. The summed E-state index contributed by atoms with van der Waals surface area (Å²) >= 11 is 0. The van der Waals surface area contributed by atoms with Crippen molar-refractivity contribution in [1.82, 2.24) is 9.80 Å². The van der Waals surface area contributed by atoms with Crippen molar-refractivity contribution < 1.29 is 0 Å². The molecule has 1 fully saturated rings. The van der Waals surface area contributed by atoms with Crippen LogP contribution >= 0.6 is 0 Å². The normalized spacial score (nSPS) is 23.2. The Balaban J connectivity index is 2.21. The molecule has 0 bridgehead atoms. The molecule has 1 aliphatic rings. The Morgan fingerprint density at radius 3 is 2.12 bits per heavy atom. The molecule has 3 heteroatoms. The lowest BCUT2D eigenvalue weighted by atomic mass is 9.99. The average molecular weight is 227 g/mol. The zero-order valence-corrected chi connectivity index (χ0v) is 11.3. The van der Waals surface area contributed by atoms with Crippen molar-refractivity contribution in [1.29, 1.82) is 0 Å². The van der Waals surface area contributed by atoms with Gasteiger partial charge >= 0.3 is 0 Å². The Kier molecular flexibility index (Phi) is 6.32. The molecule has 0 aromatic heterocycles. The van der Waals surface area contributed by atoms with Gasteiger partial charge in [-0.3, -0.25) is 4.90 Å². The number of hydrogen-bond acceptors (Lipinski definition) is 3. The van der Waals surface area contributed by atoms with Crippen LogP contribution in [0.4, 0.5) is 0 Å². The Morgan fingerprint density at radius 1 is 1.06 bits per heavy atom. The Bertz CT molecular complexity index is 176. The van der Waals surface area contributed by atoms with Crippen LogP contribution in [0.1, 0.15) is 33.6 Å². The van der Waals surface area contributed by atoms with E-state index in [0.29, 0.717) is 12.0 Å². The number of nitrogens with two attached hydrogens (primary N) is 1. The third kappa shape index (κ3) is 4.40. The summed E-state index contributed by atoms with van der Waals surface area (Å²) in [5.74, 6) is 0.647. The summed E-state index contributed by atoms with van der Waals surface area (Å²) in [4.78, 5) is 5.09. The van der Waals surface area contributed by atoms with Gasteiger partial charge in [0, 0.05) is 38.8 Å². The lowest BCUT2D eigenvalue weighted by Crippen LogP contribution is -2.51. The Labute approximate surface area is 101 Å². The quantitative estimate of drug-likeness (QED) is 0.744. The van der Waals surface area contributed by atoms with Crippen molar-refractivity contribution in [3.63, 3.8) is 0 Å². The van der Waals surface area contributed by atoms with Crippen molar-refractivity contribution in [3.05, 3.63) is 0 Å². The molecular weight excluding hydrogens is 198 g/mol. The summed E-state index contributed by atoms with van der Waals surface area (Å²) in [6, 6.07) is 0.350. The SMILES string of the molecule is CCCN1CCN(C[C@@H](N)[C@H](C)CC)CC1. The van der Waals surface area contributed by atoms with Gasteiger partial charge in [0.25, 0.3) is 0 Å². The Hall–Kier alpha value is -0.120. The second-order valence-corrected chi connectivity index (χ2v) is 5.19. The number of nitrogens with zero attached hydrogens (tertiary/aromatic N) is 2. The van der Waals surface area contributed by atoms with E-state index < -0.39 is 0 Å². The molecule has 1 aliphatic heterocycles. The molecule has 16 heavy (non-hydrogen) atoms. The molecule has 0 saturated carbocycles. The van der Waals surface area contributed by atoms with Crippen molar-refractivity contribution in [2.45, 2.75) is 39.7 Å². The first kappa shape index (κ1) is 13.9. The van der Waals surface area contributed by atoms with Crippen LogP contribution in [0.5, 0.6) is 0 Å². The van der Waals surface area contributed by atoms with Crippen LogP contribution in [-0.2, 0) is 0 Å². The number of rotatable bonds is 6. The molecular formula is C13H29N3. The average Bonchev–Trinajstić information content (AvgIpc) is 2.31. The van der Waals surface area contributed by atoms with Crippen LogP contribution in [-0.4, -0.2) is 55.1 Å². The predicted molar refractivity (Wildman–Crippen MR) is 70.6 cm³/mol. The molecule has 0 amide bonds. The maximum atomic E-state index is 6.20. The third-order valence-corrected chi connectivity index (χ3v) is 3.85. The molecule has 1 heterocycles. The predicted octanol–water partition coefficient (Wildman–Crippen LogP) is 1.39. The fraction of sp³-hybridized carbons (Fsp3) is 1.00. The molecule has 3 nitrogen and oxygen atoms in total. The largest absolute Gasteiger partial charge is 0.326 e. The second-order valence-electron chi connectivity index (χ2n) is 5.19. The highest BCUT2D eigenvalue weighted by Crippen LogP contribution is 2.09. The van der Waals surface area contributed by atoms with Crippen molar-refractivity contribution in [2.24, 2.45) is 11.7 Å². The van der Waals surface area contributed by atoms with Crippen molar-refractivity contribution in [3.8, 4) is 0 Å². The first-order valence-electron chi connectivity index (χ1n) is 6.87. The van der Waals surface area contributed by atoms with E-state index in [1.807, 2.05) is 0 Å². The van der Waals surface area contributed by atoms with Crippen LogP contribution in [0.2, 0.25) is 0 Å². The van der Waals surface area contributed by atoms with Crippen molar-refractivity contribution >= 4 is 0 Å². The zero-order chi connectivity index (χ0) is 12.0. The van der Waals surface area contributed by atoms with Crippen LogP contribution in [0.15, 0.2) is 0 Å². The smallest absolute Gasteiger partial charge is 0.0193 e. The zero-order valence-electron chi connectivity index (χ0n) is 11.3. The molecule has 2 atom stereocenters. The molecule has 0 radical (unpaired) electrons. The first-order valence-corrected chi connectivity index (χ1v) is 6.87. The van der Waals surface area contributed by atoms with Crippen molar-refractivity contribution in [2.75, 3.05) is 39.3 Å². The van der Waals surface area contributed by atoms with E-state index in [1.54, 1.807) is 0 Å². The van der Waals surface area contributed by atoms with Gasteiger partial charge in [0.1, 0.15) is 0 Å². The molecule has 0 unspecified atom stereocenters. The summed E-state index contributed by atoms with van der Waals surface area (Å²) < 4.78 is 0. The first-order chi connectivity index (χ1) is 7.67. The van der Waals surface area contributed by atoms with Gasteiger partial charge in [-0.1, -0.05) is 27.2 Å². The fourth-order valence-electron chi connectivity index (χ4n) is 2.29. The van der Waals surface area contributed by atoms with E-state index in [-0.39, 0.29) is 0 Å². The molecule has 0 spiro atoms. The Morgan fingerprint density at radius 2 is 1.62 bits per heavy atom. The summed E-state index contributed by atoms with van der Waals surface area (Å²) in [7, 11) is 0. The number of hydrogen-bond donors (Lipinski definition) is 1. The maximum absolute atomic E-state index is 6.20. The van der Waals surface area contributed by atoms with E-state index in [1.165, 1.54) is 45.6 Å². The molecule has 96 valence electrons. The minimum Gasteiger partial charge on any atom is -0.326 e. The fourth-order valence-corrected chi connectivity index (χ4v) is 2.29. The minimum atomic E-state index is 0.350. The standard InChI is InChI=1S/C13H29N3/c1-4-6-15-7-9-16(10-8-15)11-13(14)12(3)5-2/h12-13H,4-11,14H2,1-3H3/t12-,13-/m1/s1. The molecule has 1 rings (SSSR count). The highest BCUT2D eigenvalue weighted by atomic mass is 15.3. The summed E-state index contributed by atoms with van der Waals surface area (Å²) in [6.07, 6.45) is 2.46. The van der Waals surface area contributed by atoms with Crippen LogP contribution in [0.25, 0.3) is 0 Å². The highest BCUT2D eigenvalue weighted by Gasteiger charge is 2.19. The van der Waals surface area contributed by atoms with E-state index >= 15 is 0 Å². The van der Waals surface area contributed by atoms with E-state index in [4.69, 9.17) is 5.73 Å². The monoisotopic (exact) mass is 227 g/mol. The molecule has 2 N–H and O–H groups in total. The van der Waals surface area contributed by atoms with E-state index in [9.17, 15) is 0 Å². The lowest BCUT2D eigenvalue weighted by molar-refractivity contribution is 0.121.